The Hall–Kier alpha value is -2.38. The number of carbonyl (C=O) groups excluding carboxylic acids is 1. The normalized spacial score (nSPS) is 19.0. The molecule has 1 aliphatic heterocycles. The van der Waals surface area contributed by atoms with Gasteiger partial charge in [-0.2, -0.15) is 0 Å². The zero-order valence-corrected chi connectivity index (χ0v) is 15.8. The van der Waals surface area contributed by atoms with E-state index in [0.717, 1.165) is 0 Å². The van der Waals surface area contributed by atoms with Crippen molar-refractivity contribution in [1.82, 2.24) is 5.32 Å². The number of nitrogens with one attached hydrogen (secondary N) is 2. The molecule has 1 aliphatic rings. The molecule has 0 bridgehead atoms. The molecule has 1 saturated heterocycles. The standard InChI is InChI=1S/C19H22N2O4S/c1-23-15-9-13(10-16(24-2)17(15)25-3)20-18(22)14-11-26-19(21-14)12-7-5-4-6-8-12/h4-10,14,19,21H,11H2,1-3H3,(H,20,22)/t14-,19?/m0/s1. The SMILES string of the molecule is COc1cc(NC(=O)[C@@H]2CSC(c3ccccc3)N2)cc(OC)c1OC. The highest BCUT2D eigenvalue weighted by atomic mass is 32.2. The van der Waals surface area contributed by atoms with Gasteiger partial charge in [-0.3, -0.25) is 10.1 Å². The van der Waals surface area contributed by atoms with Crippen LogP contribution in [-0.2, 0) is 4.79 Å². The third-order valence-electron chi connectivity index (χ3n) is 4.13. The molecular formula is C19H22N2O4S. The Morgan fingerprint density at radius 2 is 1.73 bits per heavy atom. The second kappa shape index (κ2) is 8.33. The highest BCUT2D eigenvalue weighted by Crippen LogP contribution is 2.40. The lowest BCUT2D eigenvalue weighted by Crippen LogP contribution is -2.38. The van der Waals surface area contributed by atoms with Crippen LogP contribution in [0.5, 0.6) is 17.2 Å². The van der Waals surface area contributed by atoms with Gasteiger partial charge >= 0.3 is 0 Å². The van der Waals surface area contributed by atoms with E-state index in [2.05, 4.69) is 22.8 Å². The van der Waals surface area contributed by atoms with Crippen LogP contribution in [0.25, 0.3) is 0 Å². The summed E-state index contributed by atoms with van der Waals surface area (Å²) in [4.78, 5) is 12.6. The molecule has 6 nitrogen and oxygen atoms in total. The molecule has 1 unspecified atom stereocenters. The summed E-state index contributed by atoms with van der Waals surface area (Å²) in [6.45, 7) is 0. The van der Waals surface area contributed by atoms with Crippen molar-refractivity contribution in [2.24, 2.45) is 0 Å². The summed E-state index contributed by atoms with van der Waals surface area (Å²) in [7, 11) is 4.63. The van der Waals surface area contributed by atoms with Crippen LogP contribution in [-0.4, -0.2) is 39.0 Å². The minimum Gasteiger partial charge on any atom is -0.493 e. The average Bonchev–Trinajstić information content (AvgIpc) is 3.18. The summed E-state index contributed by atoms with van der Waals surface area (Å²) < 4.78 is 16.0. The molecule has 2 N–H and O–H groups in total. The molecule has 2 aromatic rings. The predicted octanol–water partition coefficient (Wildman–Crippen LogP) is 3.05. The Kier molecular flexibility index (Phi) is 5.90. The number of benzene rings is 2. The van der Waals surface area contributed by atoms with Gasteiger partial charge in [0.25, 0.3) is 0 Å². The van der Waals surface area contributed by atoms with Crippen LogP contribution in [0.3, 0.4) is 0 Å². The number of carbonyl (C=O) groups is 1. The Morgan fingerprint density at radius 3 is 2.31 bits per heavy atom. The van der Waals surface area contributed by atoms with E-state index < -0.39 is 0 Å². The van der Waals surface area contributed by atoms with Gasteiger partial charge < -0.3 is 19.5 Å². The van der Waals surface area contributed by atoms with E-state index in [4.69, 9.17) is 14.2 Å². The molecule has 0 radical (unpaired) electrons. The van der Waals surface area contributed by atoms with Crippen LogP contribution >= 0.6 is 11.8 Å². The lowest BCUT2D eigenvalue weighted by Gasteiger charge is -2.16. The second-order valence-electron chi connectivity index (χ2n) is 5.75. The monoisotopic (exact) mass is 374 g/mol. The Morgan fingerprint density at radius 1 is 1.08 bits per heavy atom. The molecule has 0 spiro atoms. The first-order valence-electron chi connectivity index (χ1n) is 8.19. The van der Waals surface area contributed by atoms with Gasteiger partial charge in [0.05, 0.1) is 32.7 Å². The van der Waals surface area contributed by atoms with Crippen molar-refractivity contribution in [3.05, 3.63) is 48.0 Å². The van der Waals surface area contributed by atoms with Gasteiger partial charge in [0, 0.05) is 23.6 Å². The maximum atomic E-state index is 12.6. The predicted molar refractivity (Wildman–Crippen MR) is 103 cm³/mol. The number of hydrogen-bond donors (Lipinski definition) is 2. The first-order chi connectivity index (χ1) is 12.7. The van der Waals surface area contributed by atoms with Gasteiger partial charge in [0.15, 0.2) is 11.5 Å². The van der Waals surface area contributed by atoms with Gasteiger partial charge in [-0.25, -0.2) is 0 Å². The first-order valence-corrected chi connectivity index (χ1v) is 9.24. The third kappa shape index (κ3) is 3.89. The van der Waals surface area contributed by atoms with Crippen LogP contribution in [0.2, 0.25) is 0 Å². The molecule has 1 heterocycles. The fourth-order valence-corrected chi connectivity index (χ4v) is 4.07. The third-order valence-corrected chi connectivity index (χ3v) is 5.40. The van der Waals surface area contributed by atoms with Gasteiger partial charge in [-0.1, -0.05) is 30.3 Å². The molecule has 1 amide bonds. The molecule has 2 aromatic carbocycles. The fourth-order valence-electron chi connectivity index (χ4n) is 2.83. The maximum absolute atomic E-state index is 12.6. The average molecular weight is 374 g/mol. The van der Waals surface area contributed by atoms with Crippen molar-refractivity contribution in [3.63, 3.8) is 0 Å². The minimum absolute atomic E-state index is 0.0924. The van der Waals surface area contributed by atoms with Gasteiger partial charge in [-0.15, -0.1) is 11.8 Å². The minimum atomic E-state index is -0.274. The number of ether oxygens (including phenoxy) is 3. The lowest BCUT2D eigenvalue weighted by atomic mass is 10.2. The van der Waals surface area contributed by atoms with Gasteiger partial charge in [-0.05, 0) is 5.56 Å². The molecule has 0 saturated carbocycles. The maximum Gasteiger partial charge on any atom is 0.242 e. The molecule has 2 atom stereocenters. The topological polar surface area (TPSA) is 68.8 Å². The molecule has 7 heteroatoms. The zero-order chi connectivity index (χ0) is 18.5. The Balaban J connectivity index is 1.70. The van der Waals surface area contributed by atoms with Crippen molar-refractivity contribution in [2.45, 2.75) is 11.4 Å². The number of amides is 1. The summed E-state index contributed by atoms with van der Waals surface area (Å²) in [5.74, 6) is 2.10. The number of rotatable bonds is 6. The fraction of sp³-hybridized carbons (Fsp3) is 0.316. The lowest BCUT2D eigenvalue weighted by molar-refractivity contribution is -0.117. The van der Waals surface area contributed by atoms with Crippen molar-refractivity contribution >= 4 is 23.4 Å². The molecular weight excluding hydrogens is 352 g/mol. The Labute approximate surface area is 157 Å². The number of thioether (sulfide) groups is 1. The van der Waals surface area contributed by atoms with Crippen LogP contribution in [0.15, 0.2) is 42.5 Å². The van der Waals surface area contributed by atoms with Crippen molar-refractivity contribution in [1.29, 1.82) is 0 Å². The van der Waals surface area contributed by atoms with Gasteiger partial charge in [0.2, 0.25) is 11.7 Å². The highest BCUT2D eigenvalue weighted by Gasteiger charge is 2.30. The summed E-state index contributed by atoms with van der Waals surface area (Å²) in [6.07, 6.45) is 0. The van der Waals surface area contributed by atoms with E-state index >= 15 is 0 Å². The molecule has 0 aromatic heterocycles. The number of methoxy groups -OCH3 is 3. The van der Waals surface area contributed by atoms with Crippen molar-refractivity contribution in [3.8, 4) is 17.2 Å². The summed E-state index contributed by atoms with van der Waals surface area (Å²) in [5.41, 5.74) is 1.76. The summed E-state index contributed by atoms with van der Waals surface area (Å²) in [6, 6.07) is 13.3. The van der Waals surface area contributed by atoms with Crippen molar-refractivity contribution < 1.29 is 19.0 Å². The zero-order valence-electron chi connectivity index (χ0n) is 14.9. The molecule has 3 rings (SSSR count). The highest BCUT2D eigenvalue weighted by molar-refractivity contribution is 7.99. The van der Waals surface area contributed by atoms with Crippen LogP contribution in [0.4, 0.5) is 5.69 Å². The number of hydrogen-bond acceptors (Lipinski definition) is 6. The second-order valence-corrected chi connectivity index (χ2v) is 6.88. The quantitative estimate of drug-likeness (QED) is 0.810. The van der Waals surface area contributed by atoms with Crippen LogP contribution < -0.4 is 24.8 Å². The van der Waals surface area contributed by atoms with E-state index in [1.807, 2.05) is 18.2 Å². The summed E-state index contributed by atoms with van der Waals surface area (Å²) in [5, 5.41) is 6.41. The van der Waals surface area contributed by atoms with E-state index in [1.165, 1.54) is 5.56 Å². The van der Waals surface area contributed by atoms with Crippen LogP contribution in [0, 0.1) is 0 Å². The number of anilines is 1. The Bertz CT molecular complexity index is 744. The molecule has 1 fully saturated rings. The molecule has 138 valence electrons. The van der Waals surface area contributed by atoms with Crippen molar-refractivity contribution in [2.75, 3.05) is 32.4 Å². The van der Waals surface area contributed by atoms with Crippen LogP contribution in [0.1, 0.15) is 10.9 Å². The molecule has 26 heavy (non-hydrogen) atoms. The van der Waals surface area contributed by atoms with E-state index in [9.17, 15) is 4.79 Å². The molecule has 0 aliphatic carbocycles. The summed E-state index contributed by atoms with van der Waals surface area (Å²) >= 11 is 1.72. The van der Waals surface area contributed by atoms with Gasteiger partial charge in [0.1, 0.15) is 0 Å². The first kappa shape index (κ1) is 18.4. The smallest absolute Gasteiger partial charge is 0.242 e. The van der Waals surface area contributed by atoms with E-state index in [1.54, 1.807) is 45.2 Å². The van der Waals surface area contributed by atoms with E-state index in [0.29, 0.717) is 28.7 Å². The van der Waals surface area contributed by atoms with E-state index in [-0.39, 0.29) is 17.3 Å². The largest absolute Gasteiger partial charge is 0.493 e.